The van der Waals surface area contributed by atoms with E-state index in [0.29, 0.717) is 12.3 Å². The number of amides is 1. The Labute approximate surface area is 120 Å². The van der Waals surface area contributed by atoms with Gasteiger partial charge in [-0.25, -0.2) is 0 Å². The van der Waals surface area contributed by atoms with Gasteiger partial charge in [0.25, 0.3) is 0 Å². The second-order valence-electron chi connectivity index (χ2n) is 5.61. The van der Waals surface area contributed by atoms with E-state index in [9.17, 15) is 4.79 Å². The van der Waals surface area contributed by atoms with Crippen molar-refractivity contribution in [3.8, 4) is 0 Å². The molecule has 0 radical (unpaired) electrons. The Balaban J connectivity index is 1.62. The molecule has 1 fully saturated rings. The fourth-order valence-electron chi connectivity index (χ4n) is 3.16. The molecule has 108 valence electrons. The summed E-state index contributed by atoms with van der Waals surface area (Å²) in [6.45, 7) is 5.59. The minimum absolute atomic E-state index is 0.304. The second kappa shape index (κ2) is 6.37. The fourth-order valence-corrected chi connectivity index (χ4v) is 3.16. The molecule has 2 heterocycles. The molecule has 4 nitrogen and oxygen atoms in total. The first kappa shape index (κ1) is 13.6. The SMILES string of the molecule is O=C(CCc1cccc2c1CCNC2)N1CCNCC1. The predicted octanol–water partition coefficient (Wildman–Crippen LogP) is 0.697. The second-order valence-corrected chi connectivity index (χ2v) is 5.61. The number of nitrogens with zero attached hydrogens (tertiary/aromatic N) is 1. The Bertz CT molecular complexity index is 481. The Morgan fingerprint density at radius 3 is 2.85 bits per heavy atom. The Kier molecular flexibility index (Phi) is 4.33. The predicted molar refractivity (Wildman–Crippen MR) is 79.6 cm³/mol. The van der Waals surface area contributed by atoms with Gasteiger partial charge in [0.1, 0.15) is 0 Å². The number of nitrogens with one attached hydrogen (secondary N) is 2. The Morgan fingerprint density at radius 1 is 1.15 bits per heavy atom. The van der Waals surface area contributed by atoms with E-state index in [4.69, 9.17) is 0 Å². The van der Waals surface area contributed by atoms with Crippen LogP contribution >= 0.6 is 0 Å². The lowest BCUT2D eigenvalue weighted by Gasteiger charge is -2.27. The van der Waals surface area contributed by atoms with Crippen molar-refractivity contribution in [1.29, 1.82) is 0 Å². The zero-order valence-electron chi connectivity index (χ0n) is 12.0. The maximum Gasteiger partial charge on any atom is 0.222 e. The van der Waals surface area contributed by atoms with Crippen molar-refractivity contribution in [2.75, 3.05) is 32.7 Å². The van der Waals surface area contributed by atoms with Gasteiger partial charge in [-0.3, -0.25) is 4.79 Å². The van der Waals surface area contributed by atoms with Crippen molar-refractivity contribution in [3.63, 3.8) is 0 Å². The van der Waals surface area contributed by atoms with Crippen molar-refractivity contribution >= 4 is 5.91 Å². The molecular formula is C16H23N3O. The molecule has 1 aromatic carbocycles. The van der Waals surface area contributed by atoms with Gasteiger partial charge in [-0.2, -0.15) is 0 Å². The number of hydrogen-bond acceptors (Lipinski definition) is 3. The lowest BCUT2D eigenvalue weighted by Crippen LogP contribution is -2.46. The summed E-state index contributed by atoms with van der Waals surface area (Å²) in [4.78, 5) is 14.2. The molecule has 0 saturated carbocycles. The number of piperazine rings is 1. The van der Waals surface area contributed by atoms with E-state index in [2.05, 4.69) is 28.8 Å². The van der Waals surface area contributed by atoms with Gasteiger partial charge < -0.3 is 15.5 Å². The molecule has 0 bridgehead atoms. The lowest BCUT2D eigenvalue weighted by atomic mass is 9.93. The minimum atomic E-state index is 0.304. The number of aryl methyl sites for hydroxylation is 1. The summed E-state index contributed by atoms with van der Waals surface area (Å²) in [5.74, 6) is 0.304. The largest absolute Gasteiger partial charge is 0.340 e. The first-order valence-corrected chi connectivity index (χ1v) is 7.63. The van der Waals surface area contributed by atoms with Crippen LogP contribution in [0.5, 0.6) is 0 Å². The number of hydrogen-bond donors (Lipinski definition) is 2. The van der Waals surface area contributed by atoms with E-state index in [-0.39, 0.29) is 0 Å². The Morgan fingerprint density at radius 2 is 2.00 bits per heavy atom. The zero-order valence-corrected chi connectivity index (χ0v) is 12.0. The molecule has 1 aromatic rings. The highest BCUT2D eigenvalue weighted by Crippen LogP contribution is 2.20. The third-order valence-electron chi connectivity index (χ3n) is 4.32. The molecule has 2 aliphatic rings. The summed E-state index contributed by atoms with van der Waals surface area (Å²) in [6, 6.07) is 6.51. The van der Waals surface area contributed by atoms with Crippen LogP contribution in [0, 0.1) is 0 Å². The monoisotopic (exact) mass is 273 g/mol. The molecule has 0 unspecified atom stereocenters. The van der Waals surface area contributed by atoms with E-state index in [1.165, 1.54) is 16.7 Å². The van der Waals surface area contributed by atoms with E-state index in [0.717, 1.165) is 52.1 Å². The molecule has 1 amide bonds. The van der Waals surface area contributed by atoms with Gasteiger partial charge in [-0.1, -0.05) is 18.2 Å². The number of carbonyl (C=O) groups is 1. The Hall–Kier alpha value is -1.39. The molecular weight excluding hydrogens is 250 g/mol. The molecule has 0 atom stereocenters. The van der Waals surface area contributed by atoms with Gasteiger partial charge in [0, 0.05) is 39.1 Å². The van der Waals surface area contributed by atoms with Crippen LogP contribution < -0.4 is 10.6 Å². The van der Waals surface area contributed by atoms with Crippen LogP contribution in [0.4, 0.5) is 0 Å². The van der Waals surface area contributed by atoms with E-state index in [1.54, 1.807) is 0 Å². The van der Waals surface area contributed by atoms with Crippen LogP contribution in [-0.4, -0.2) is 43.5 Å². The van der Waals surface area contributed by atoms with Crippen LogP contribution in [0.25, 0.3) is 0 Å². The molecule has 3 rings (SSSR count). The molecule has 0 aromatic heterocycles. The highest BCUT2D eigenvalue weighted by atomic mass is 16.2. The average Bonchev–Trinajstić information content (AvgIpc) is 2.53. The third-order valence-corrected chi connectivity index (χ3v) is 4.32. The number of benzene rings is 1. The van der Waals surface area contributed by atoms with Crippen molar-refractivity contribution in [2.24, 2.45) is 0 Å². The maximum atomic E-state index is 12.2. The van der Waals surface area contributed by atoms with Crippen molar-refractivity contribution in [2.45, 2.75) is 25.8 Å². The summed E-state index contributed by atoms with van der Waals surface area (Å²) in [5.41, 5.74) is 4.25. The van der Waals surface area contributed by atoms with Gasteiger partial charge in [0.15, 0.2) is 0 Å². The molecule has 0 spiro atoms. The molecule has 4 heteroatoms. The van der Waals surface area contributed by atoms with Gasteiger partial charge in [-0.15, -0.1) is 0 Å². The topological polar surface area (TPSA) is 44.4 Å². The maximum absolute atomic E-state index is 12.2. The van der Waals surface area contributed by atoms with Gasteiger partial charge in [0.2, 0.25) is 5.91 Å². The van der Waals surface area contributed by atoms with E-state index >= 15 is 0 Å². The summed E-state index contributed by atoms with van der Waals surface area (Å²) >= 11 is 0. The summed E-state index contributed by atoms with van der Waals surface area (Å²) in [7, 11) is 0. The minimum Gasteiger partial charge on any atom is -0.340 e. The van der Waals surface area contributed by atoms with Crippen LogP contribution in [0.15, 0.2) is 18.2 Å². The summed E-state index contributed by atoms with van der Waals surface area (Å²) < 4.78 is 0. The summed E-state index contributed by atoms with van der Waals surface area (Å²) in [6.07, 6.45) is 2.61. The van der Waals surface area contributed by atoms with E-state index in [1.807, 2.05) is 4.90 Å². The normalized spacial score (nSPS) is 18.7. The van der Waals surface area contributed by atoms with Gasteiger partial charge in [0.05, 0.1) is 0 Å². The number of carbonyl (C=O) groups excluding carboxylic acids is 1. The quantitative estimate of drug-likeness (QED) is 0.852. The molecule has 2 aliphatic heterocycles. The smallest absolute Gasteiger partial charge is 0.222 e. The lowest BCUT2D eigenvalue weighted by molar-refractivity contribution is -0.131. The van der Waals surface area contributed by atoms with Crippen molar-refractivity contribution in [1.82, 2.24) is 15.5 Å². The van der Waals surface area contributed by atoms with Crippen molar-refractivity contribution < 1.29 is 4.79 Å². The van der Waals surface area contributed by atoms with Crippen molar-refractivity contribution in [3.05, 3.63) is 34.9 Å². The highest BCUT2D eigenvalue weighted by Gasteiger charge is 2.17. The van der Waals surface area contributed by atoms with Crippen LogP contribution in [0.2, 0.25) is 0 Å². The first-order chi connectivity index (χ1) is 9.84. The molecule has 2 N–H and O–H groups in total. The number of rotatable bonds is 3. The molecule has 0 aliphatic carbocycles. The summed E-state index contributed by atoms with van der Waals surface area (Å²) in [5, 5.41) is 6.69. The van der Waals surface area contributed by atoms with Gasteiger partial charge in [-0.05, 0) is 36.1 Å². The third kappa shape index (κ3) is 3.02. The van der Waals surface area contributed by atoms with Crippen LogP contribution in [-0.2, 0) is 24.2 Å². The van der Waals surface area contributed by atoms with Crippen LogP contribution in [0.1, 0.15) is 23.1 Å². The standard InChI is InChI=1S/C16H23N3O/c20-16(19-10-8-17-9-11-19)5-4-13-2-1-3-14-12-18-7-6-15(13)14/h1-3,17-18H,4-12H2. The average molecular weight is 273 g/mol. The number of fused-ring (bicyclic) bond motifs is 1. The highest BCUT2D eigenvalue weighted by molar-refractivity contribution is 5.76. The molecule has 1 saturated heterocycles. The fraction of sp³-hybridized carbons (Fsp3) is 0.562. The zero-order chi connectivity index (χ0) is 13.8. The van der Waals surface area contributed by atoms with E-state index < -0.39 is 0 Å². The first-order valence-electron chi connectivity index (χ1n) is 7.63. The molecule has 20 heavy (non-hydrogen) atoms. The van der Waals surface area contributed by atoms with Gasteiger partial charge >= 0.3 is 0 Å². The van der Waals surface area contributed by atoms with Crippen LogP contribution in [0.3, 0.4) is 0 Å².